The second kappa shape index (κ2) is 4.62. The van der Waals surface area contributed by atoms with Crippen molar-refractivity contribution in [2.75, 3.05) is 26.8 Å². The third-order valence-electron chi connectivity index (χ3n) is 3.58. The van der Waals surface area contributed by atoms with Gasteiger partial charge in [0.15, 0.2) is 0 Å². The molecule has 1 aromatic heterocycles. The molecule has 2 heterocycles. The number of hydrogen-bond donors (Lipinski definition) is 0. The van der Waals surface area contributed by atoms with Crippen LogP contribution in [-0.4, -0.2) is 37.6 Å². The largest absolute Gasteiger partial charge is 0.380 e. The van der Waals surface area contributed by atoms with Gasteiger partial charge in [-0.1, -0.05) is 25.1 Å². The summed E-state index contributed by atoms with van der Waals surface area (Å²) >= 11 is 1.63. The maximum atomic E-state index is 12.5. The molecule has 1 aromatic carbocycles. The van der Waals surface area contributed by atoms with Gasteiger partial charge in [0, 0.05) is 34.5 Å². The molecule has 1 aliphatic heterocycles. The smallest absolute Gasteiger partial charge is 0.255 e. The van der Waals surface area contributed by atoms with Gasteiger partial charge in [-0.2, -0.15) is 0 Å². The Labute approximate surface area is 116 Å². The van der Waals surface area contributed by atoms with Crippen LogP contribution in [0.2, 0.25) is 0 Å². The highest BCUT2D eigenvalue weighted by atomic mass is 32.1. The van der Waals surface area contributed by atoms with Crippen molar-refractivity contribution < 1.29 is 9.53 Å². The normalized spacial score (nSPS) is 17.2. The molecule has 0 unspecified atom stereocenters. The van der Waals surface area contributed by atoms with Crippen LogP contribution in [-0.2, 0) is 4.74 Å². The van der Waals surface area contributed by atoms with E-state index in [2.05, 4.69) is 13.0 Å². The first-order valence-corrected chi connectivity index (χ1v) is 7.26. The summed E-state index contributed by atoms with van der Waals surface area (Å²) in [6.45, 7) is 4.39. The van der Waals surface area contributed by atoms with Crippen molar-refractivity contribution in [2.45, 2.75) is 6.92 Å². The van der Waals surface area contributed by atoms with Gasteiger partial charge in [0.2, 0.25) is 0 Å². The molecule has 1 amide bonds. The van der Waals surface area contributed by atoms with Crippen LogP contribution in [0.4, 0.5) is 0 Å². The van der Waals surface area contributed by atoms with Crippen LogP contribution >= 0.6 is 11.3 Å². The van der Waals surface area contributed by atoms with Gasteiger partial charge >= 0.3 is 0 Å². The van der Waals surface area contributed by atoms with Gasteiger partial charge in [0.1, 0.15) is 0 Å². The maximum Gasteiger partial charge on any atom is 0.255 e. The highest BCUT2D eigenvalue weighted by Gasteiger charge is 2.35. The molecule has 1 saturated heterocycles. The molecule has 3 nitrogen and oxygen atoms in total. The minimum Gasteiger partial charge on any atom is -0.380 e. The Bertz CT molecular complexity index is 615. The minimum absolute atomic E-state index is 0.102. The zero-order valence-electron chi connectivity index (χ0n) is 11.2. The van der Waals surface area contributed by atoms with Gasteiger partial charge in [0.05, 0.1) is 18.8 Å². The Hall–Kier alpha value is -1.39. The van der Waals surface area contributed by atoms with Crippen molar-refractivity contribution in [1.29, 1.82) is 0 Å². The van der Waals surface area contributed by atoms with E-state index in [1.807, 2.05) is 35.5 Å². The number of carbonyl (C=O) groups is 1. The van der Waals surface area contributed by atoms with Crippen LogP contribution in [0.5, 0.6) is 0 Å². The first-order valence-electron chi connectivity index (χ1n) is 6.39. The molecule has 4 heteroatoms. The van der Waals surface area contributed by atoms with Gasteiger partial charge in [-0.25, -0.2) is 0 Å². The molecule has 0 N–H and O–H groups in total. The van der Waals surface area contributed by atoms with Crippen LogP contribution in [0.25, 0.3) is 10.1 Å². The molecule has 1 fully saturated rings. The lowest BCUT2D eigenvalue weighted by Gasteiger charge is -2.40. The lowest BCUT2D eigenvalue weighted by atomic mass is 9.88. The van der Waals surface area contributed by atoms with Crippen molar-refractivity contribution >= 4 is 27.3 Å². The number of amides is 1. The van der Waals surface area contributed by atoms with Crippen LogP contribution in [0.1, 0.15) is 17.3 Å². The number of hydrogen-bond acceptors (Lipinski definition) is 3. The van der Waals surface area contributed by atoms with Crippen LogP contribution in [0.3, 0.4) is 0 Å². The van der Waals surface area contributed by atoms with Crippen molar-refractivity contribution in [3.63, 3.8) is 0 Å². The molecule has 0 aliphatic carbocycles. The van der Waals surface area contributed by atoms with Crippen molar-refractivity contribution in [3.8, 4) is 0 Å². The average molecular weight is 275 g/mol. The molecule has 0 spiro atoms. The van der Waals surface area contributed by atoms with E-state index >= 15 is 0 Å². The number of benzene rings is 1. The summed E-state index contributed by atoms with van der Waals surface area (Å²) in [7, 11) is 1.87. The second-order valence-electron chi connectivity index (χ2n) is 5.61. The zero-order chi connectivity index (χ0) is 13.5. The SMILES string of the molecule is CN(CC1(C)COC1)C(=O)c1csc2ccccc12. The lowest BCUT2D eigenvalue weighted by molar-refractivity contribution is -0.109. The van der Waals surface area contributed by atoms with Gasteiger partial charge in [0.25, 0.3) is 5.91 Å². The Balaban J connectivity index is 1.83. The molecule has 0 saturated carbocycles. The highest BCUT2D eigenvalue weighted by Crippen LogP contribution is 2.30. The van der Waals surface area contributed by atoms with E-state index < -0.39 is 0 Å². The maximum absolute atomic E-state index is 12.5. The van der Waals surface area contributed by atoms with Gasteiger partial charge < -0.3 is 9.64 Å². The summed E-state index contributed by atoms with van der Waals surface area (Å²) in [6.07, 6.45) is 0. The van der Waals surface area contributed by atoms with E-state index in [9.17, 15) is 4.79 Å². The summed E-state index contributed by atoms with van der Waals surface area (Å²) in [5, 5.41) is 3.02. The van der Waals surface area contributed by atoms with Gasteiger partial charge in [-0.15, -0.1) is 11.3 Å². The predicted molar refractivity (Wildman–Crippen MR) is 77.7 cm³/mol. The van der Waals surface area contributed by atoms with Gasteiger partial charge in [-0.05, 0) is 6.07 Å². The monoisotopic (exact) mass is 275 g/mol. The van der Waals surface area contributed by atoms with E-state index in [4.69, 9.17) is 4.74 Å². The van der Waals surface area contributed by atoms with Crippen LogP contribution in [0, 0.1) is 5.41 Å². The number of nitrogens with zero attached hydrogens (tertiary/aromatic N) is 1. The predicted octanol–water partition coefficient (Wildman–Crippen LogP) is 3.01. The summed E-state index contributed by atoms with van der Waals surface area (Å²) in [4.78, 5) is 14.3. The van der Waals surface area contributed by atoms with Crippen molar-refractivity contribution in [3.05, 3.63) is 35.2 Å². The minimum atomic E-state index is 0.102. The summed E-state index contributed by atoms with van der Waals surface area (Å²) < 4.78 is 6.41. The molecule has 100 valence electrons. The molecular formula is C15H17NO2S. The summed E-state index contributed by atoms with van der Waals surface area (Å²) in [5.74, 6) is 0.102. The standard InChI is InChI=1S/C15H17NO2S/c1-15(9-18-10-15)8-16(2)14(17)12-7-19-13-6-4-3-5-11(12)13/h3-7H,8-10H2,1-2H3. The Morgan fingerprint density at radius 2 is 2.16 bits per heavy atom. The van der Waals surface area contributed by atoms with Crippen LogP contribution < -0.4 is 0 Å². The topological polar surface area (TPSA) is 29.5 Å². The summed E-state index contributed by atoms with van der Waals surface area (Å²) in [6, 6.07) is 8.05. The average Bonchev–Trinajstić information content (AvgIpc) is 2.79. The summed E-state index contributed by atoms with van der Waals surface area (Å²) in [5.41, 5.74) is 0.933. The number of ether oxygens (including phenoxy) is 1. The fourth-order valence-electron chi connectivity index (χ4n) is 2.54. The number of carbonyl (C=O) groups excluding carboxylic acids is 1. The quantitative estimate of drug-likeness (QED) is 0.861. The fraction of sp³-hybridized carbons (Fsp3) is 0.400. The first-order chi connectivity index (χ1) is 9.09. The second-order valence-corrected chi connectivity index (χ2v) is 6.52. The fourth-order valence-corrected chi connectivity index (χ4v) is 3.47. The highest BCUT2D eigenvalue weighted by molar-refractivity contribution is 7.17. The molecule has 3 rings (SSSR count). The van der Waals surface area contributed by atoms with E-state index in [1.54, 1.807) is 11.3 Å². The zero-order valence-corrected chi connectivity index (χ0v) is 12.0. The van der Waals surface area contributed by atoms with E-state index in [1.165, 1.54) is 0 Å². The number of rotatable bonds is 3. The van der Waals surface area contributed by atoms with Gasteiger partial charge in [-0.3, -0.25) is 4.79 Å². The molecule has 0 atom stereocenters. The number of fused-ring (bicyclic) bond motifs is 1. The molecule has 0 radical (unpaired) electrons. The molecule has 0 bridgehead atoms. The van der Waals surface area contributed by atoms with E-state index in [0.717, 1.165) is 35.4 Å². The lowest BCUT2D eigenvalue weighted by Crippen LogP contribution is -2.49. The third kappa shape index (κ3) is 2.26. The van der Waals surface area contributed by atoms with Crippen molar-refractivity contribution in [2.24, 2.45) is 5.41 Å². The first kappa shape index (κ1) is 12.6. The Morgan fingerprint density at radius 3 is 2.84 bits per heavy atom. The molecule has 19 heavy (non-hydrogen) atoms. The van der Waals surface area contributed by atoms with Crippen molar-refractivity contribution in [1.82, 2.24) is 4.90 Å². The molecular weight excluding hydrogens is 258 g/mol. The molecule has 1 aliphatic rings. The molecule has 2 aromatic rings. The van der Waals surface area contributed by atoms with Crippen LogP contribution in [0.15, 0.2) is 29.6 Å². The number of thiophene rings is 1. The third-order valence-corrected chi connectivity index (χ3v) is 4.54. The Kier molecular flexibility index (Phi) is 3.07. The van der Waals surface area contributed by atoms with E-state index in [0.29, 0.717) is 0 Å². The Morgan fingerprint density at radius 1 is 1.42 bits per heavy atom. The van der Waals surface area contributed by atoms with E-state index in [-0.39, 0.29) is 11.3 Å².